The quantitative estimate of drug-likeness (QED) is 0.542. The van der Waals surface area contributed by atoms with Gasteiger partial charge < -0.3 is 24.8 Å². The third kappa shape index (κ3) is 5.46. The van der Waals surface area contributed by atoms with Crippen LogP contribution in [0.15, 0.2) is 18.2 Å². The molecule has 2 unspecified atom stereocenters. The molecule has 2 aliphatic heterocycles. The molecule has 1 amide bonds. The molecule has 30 heavy (non-hydrogen) atoms. The standard InChI is InChI=1S/C24H36N2O4/c1-2-3-4-5-6-7-23(27)25-20(16-26-14-18-12-19(18)15-26)24(28)17-8-9-21-22(13-17)30-11-10-29-21/h8-9,13,18-20,24,28H,2-7,10-12,14-16H2,1H3,(H,25,27)/t18?,19?,20-,24-/m1/s1. The predicted molar refractivity (Wildman–Crippen MR) is 116 cm³/mol. The summed E-state index contributed by atoms with van der Waals surface area (Å²) in [5.41, 5.74) is 0.761. The molecule has 0 aromatic heterocycles. The Bertz CT molecular complexity index is 715. The summed E-state index contributed by atoms with van der Waals surface area (Å²) in [6, 6.07) is 5.26. The van der Waals surface area contributed by atoms with Crippen LogP contribution < -0.4 is 14.8 Å². The number of carbonyl (C=O) groups is 1. The molecule has 166 valence electrons. The summed E-state index contributed by atoms with van der Waals surface area (Å²) >= 11 is 0. The van der Waals surface area contributed by atoms with Gasteiger partial charge in [0, 0.05) is 26.1 Å². The Morgan fingerprint density at radius 2 is 1.87 bits per heavy atom. The molecular formula is C24H36N2O4. The Labute approximate surface area is 179 Å². The van der Waals surface area contributed by atoms with Gasteiger partial charge in [0.05, 0.1) is 6.04 Å². The fraction of sp³-hybridized carbons (Fsp3) is 0.708. The van der Waals surface area contributed by atoms with Crippen LogP contribution in [0.2, 0.25) is 0 Å². The number of rotatable bonds is 11. The van der Waals surface area contributed by atoms with Crippen LogP contribution in [-0.4, -0.2) is 54.8 Å². The maximum absolute atomic E-state index is 12.6. The van der Waals surface area contributed by atoms with Gasteiger partial charge in [-0.05, 0) is 42.4 Å². The summed E-state index contributed by atoms with van der Waals surface area (Å²) < 4.78 is 11.3. The maximum Gasteiger partial charge on any atom is 0.220 e. The summed E-state index contributed by atoms with van der Waals surface area (Å²) in [7, 11) is 0. The summed E-state index contributed by atoms with van der Waals surface area (Å²) in [6.45, 7) is 6.11. The van der Waals surface area contributed by atoms with E-state index >= 15 is 0 Å². The normalized spacial score (nSPS) is 24.2. The van der Waals surface area contributed by atoms with Gasteiger partial charge in [0.15, 0.2) is 11.5 Å². The average molecular weight is 417 g/mol. The van der Waals surface area contributed by atoms with E-state index in [-0.39, 0.29) is 11.9 Å². The third-order valence-electron chi connectivity index (χ3n) is 6.65. The van der Waals surface area contributed by atoms with Crippen molar-refractivity contribution in [3.8, 4) is 11.5 Å². The number of likely N-dealkylation sites (tertiary alicyclic amines) is 1. The molecule has 4 rings (SSSR count). The van der Waals surface area contributed by atoms with Gasteiger partial charge in [-0.3, -0.25) is 4.79 Å². The maximum atomic E-state index is 12.6. The van der Waals surface area contributed by atoms with Gasteiger partial charge in [-0.25, -0.2) is 0 Å². The number of amides is 1. The Balaban J connectivity index is 1.38. The van der Waals surface area contributed by atoms with Crippen LogP contribution >= 0.6 is 0 Å². The van der Waals surface area contributed by atoms with E-state index in [9.17, 15) is 9.90 Å². The van der Waals surface area contributed by atoms with Crippen molar-refractivity contribution in [2.75, 3.05) is 32.8 Å². The second-order valence-electron chi connectivity index (χ2n) is 9.16. The first-order valence-corrected chi connectivity index (χ1v) is 11.7. The van der Waals surface area contributed by atoms with Gasteiger partial charge in [0.25, 0.3) is 0 Å². The van der Waals surface area contributed by atoms with Crippen LogP contribution in [0.25, 0.3) is 0 Å². The number of hydrogen-bond donors (Lipinski definition) is 2. The zero-order valence-corrected chi connectivity index (χ0v) is 18.1. The number of unbranched alkanes of at least 4 members (excludes halogenated alkanes) is 4. The van der Waals surface area contributed by atoms with Crippen molar-refractivity contribution in [3.63, 3.8) is 0 Å². The monoisotopic (exact) mass is 416 g/mol. The third-order valence-corrected chi connectivity index (χ3v) is 6.65. The Hall–Kier alpha value is -1.79. The zero-order chi connectivity index (χ0) is 20.9. The minimum absolute atomic E-state index is 0.0393. The molecule has 2 N–H and O–H groups in total. The molecule has 0 bridgehead atoms. The number of hydrogen-bond acceptors (Lipinski definition) is 5. The molecule has 1 saturated heterocycles. The second kappa shape index (κ2) is 10.0. The number of aliphatic hydroxyl groups excluding tert-OH is 1. The molecular weight excluding hydrogens is 380 g/mol. The minimum atomic E-state index is -0.776. The molecule has 6 nitrogen and oxygen atoms in total. The van der Waals surface area contributed by atoms with E-state index in [4.69, 9.17) is 9.47 Å². The highest BCUT2D eigenvalue weighted by molar-refractivity contribution is 5.76. The van der Waals surface area contributed by atoms with Crippen LogP contribution in [0, 0.1) is 11.8 Å². The van der Waals surface area contributed by atoms with E-state index in [2.05, 4.69) is 17.1 Å². The highest BCUT2D eigenvalue weighted by Gasteiger charge is 2.45. The number of benzene rings is 1. The lowest BCUT2D eigenvalue weighted by atomic mass is 10.00. The number of aliphatic hydroxyl groups is 1. The van der Waals surface area contributed by atoms with Crippen molar-refractivity contribution in [1.29, 1.82) is 0 Å². The first-order chi connectivity index (χ1) is 14.6. The summed E-state index contributed by atoms with van der Waals surface area (Å²) in [5.74, 6) is 3.07. The molecule has 2 fully saturated rings. The fourth-order valence-corrected chi connectivity index (χ4v) is 4.79. The van der Waals surface area contributed by atoms with Gasteiger partial charge in [-0.2, -0.15) is 0 Å². The Morgan fingerprint density at radius 3 is 2.63 bits per heavy atom. The number of fused-ring (bicyclic) bond motifs is 2. The highest BCUT2D eigenvalue weighted by Crippen LogP contribution is 2.45. The van der Waals surface area contributed by atoms with Crippen molar-refractivity contribution in [1.82, 2.24) is 10.2 Å². The number of piperidine rings is 1. The van der Waals surface area contributed by atoms with Crippen LogP contribution in [0.3, 0.4) is 0 Å². The van der Waals surface area contributed by atoms with Crippen LogP contribution in [0.1, 0.15) is 63.5 Å². The number of nitrogens with zero attached hydrogens (tertiary/aromatic N) is 1. The van der Waals surface area contributed by atoms with E-state index in [1.165, 1.54) is 25.7 Å². The molecule has 3 aliphatic rings. The van der Waals surface area contributed by atoms with E-state index in [1.807, 2.05) is 18.2 Å². The first-order valence-electron chi connectivity index (χ1n) is 11.7. The lowest BCUT2D eigenvalue weighted by molar-refractivity contribution is -0.123. The molecule has 6 heteroatoms. The summed E-state index contributed by atoms with van der Waals surface area (Å²) in [6.07, 6.45) is 6.71. The van der Waals surface area contributed by atoms with Gasteiger partial charge in [-0.15, -0.1) is 0 Å². The van der Waals surface area contributed by atoms with Gasteiger partial charge in [-0.1, -0.05) is 38.7 Å². The van der Waals surface area contributed by atoms with Crippen molar-refractivity contribution >= 4 is 5.91 Å². The van der Waals surface area contributed by atoms with Gasteiger partial charge >= 0.3 is 0 Å². The van der Waals surface area contributed by atoms with Crippen molar-refractivity contribution in [2.45, 2.75) is 64.0 Å². The second-order valence-corrected chi connectivity index (χ2v) is 9.16. The lowest BCUT2D eigenvalue weighted by Crippen LogP contribution is -2.47. The predicted octanol–water partition coefficient (Wildman–Crippen LogP) is 3.29. The molecule has 0 radical (unpaired) electrons. The van der Waals surface area contributed by atoms with Crippen molar-refractivity contribution in [3.05, 3.63) is 23.8 Å². The smallest absolute Gasteiger partial charge is 0.220 e. The molecule has 4 atom stereocenters. The topological polar surface area (TPSA) is 71.0 Å². The summed E-state index contributed by atoms with van der Waals surface area (Å²) in [5, 5.41) is 14.3. The highest BCUT2D eigenvalue weighted by atomic mass is 16.6. The molecule has 1 aromatic carbocycles. The zero-order valence-electron chi connectivity index (χ0n) is 18.1. The van der Waals surface area contributed by atoms with Crippen LogP contribution in [0.4, 0.5) is 0 Å². The van der Waals surface area contributed by atoms with E-state index in [0.717, 1.165) is 43.3 Å². The van der Waals surface area contributed by atoms with Gasteiger partial charge in [0.2, 0.25) is 5.91 Å². The Morgan fingerprint density at radius 1 is 1.13 bits per heavy atom. The van der Waals surface area contributed by atoms with Crippen LogP contribution in [0.5, 0.6) is 11.5 Å². The SMILES string of the molecule is CCCCCCCC(=O)N[C@H](CN1CC2CC2C1)[C@H](O)c1ccc2c(c1)OCCO2. The average Bonchev–Trinajstić information content (AvgIpc) is 3.37. The van der Waals surface area contributed by atoms with E-state index in [0.29, 0.717) is 37.7 Å². The number of ether oxygens (including phenoxy) is 2. The van der Waals surface area contributed by atoms with E-state index in [1.54, 1.807) is 0 Å². The largest absolute Gasteiger partial charge is 0.486 e. The molecule has 0 spiro atoms. The number of nitrogens with one attached hydrogen (secondary N) is 1. The lowest BCUT2D eigenvalue weighted by Gasteiger charge is -2.30. The fourth-order valence-electron chi connectivity index (χ4n) is 4.79. The number of carbonyl (C=O) groups excluding carboxylic acids is 1. The minimum Gasteiger partial charge on any atom is -0.486 e. The Kier molecular flexibility index (Phi) is 7.16. The first kappa shape index (κ1) is 21.4. The van der Waals surface area contributed by atoms with E-state index < -0.39 is 6.10 Å². The molecule has 2 heterocycles. The van der Waals surface area contributed by atoms with Gasteiger partial charge in [0.1, 0.15) is 19.3 Å². The molecule has 1 saturated carbocycles. The summed E-state index contributed by atoms with van der Waals surface area (Å²) in [4.78, 5) is 15.0. The molecule has 1 aliphatic carbocycles. The van der Waals surface area contributed by atoms with Crippen molar-refractivity contribution < 1.29 is 19.4 Å². The molecule has 1 aromatic rings. The van der Waals surface area contributed by atoms with Crippen LogP contribution in [-0.2, 0) is 4.79 Å². The van der Waals surface area contributed by atoms with Crippen molar-refractivity contribution in [2.24, 2.45) is 11.8 Å².